The van der Waals surface area contributed by atoms with Gasteiger partial charge in [-0.25, -0.2) is 4.98 Å². The lowest BCUT2D eigenvalue weighted by Gasteiger charge is -2.07. The van der Waals surface area contributed by atoms with Gasteiger partial charge >= 0.3 is 0 Å². The molecule has 0 saturated heterocycles. The van der Waals surface area contributed by atoms with Crippen LogP contribution >= 0.6 is 11.3 Å². The number of anilines is 1. The first kappa shape index (κ1) is 19.4. The molecule has 0 aliphatic heterocycles. The van der Waals surface area contributed by atoms with Crippen molar-refractivity contribution in [2.45, 2.75) is 46.0 Å². The number of nitrogens with zero attached hydrogens (tertiary/aromatic N) is 1. The van der Waals surface area contributed by atoms with Gasteiger partial charge in [-0.05, 0) is 42.2 Å². The molecule has 0 atom stereocenters. The van der Waals surface area contributed by atoms with E-state index in [1.165, 1.54) is 16.9 Å². The first-order valence-electron chi connectivity index (χ1n) is 9.52. The molecule has 3 rings (SSSR count). The van der Waals surface area contributed by atoms with Crippen LogP contribution in [-0.4, -0.2) is 17.5 Å². The van der Waals surface area contributed by atoms with Gasteiger partial charge in [-0.3, -0.25) is 10.1 Å². The van der Waals surface area contributed by atoms with Crippen LogP contribution < -0.4 is 10.1 Å². The monoisotopic (exact) mass is 382 g/mol. The number of fused-ring (bicyclic) bond motifs is 1. The molecule has 0 saturated carbocycles. The van der Waals surface area contributed by atoms with E-state index in [4.69, 9.17) is 4.74 Å². The van der Waals surface area contributed by atoms with Gasteiger partial charge in [-0.15, -0.1) is 0 Å². The standard InChI is InChI=1S/C22H26N2O2S/c1-4-5-6-13-26-17-10-7-9-16(14-17)21(25)24-22-23-20-18(15(2)3)11-8-12-19(20)27-22/h7-12,14-15H,4-6,13H2,1-3H3,(H,23,24,25). The predicted molar refractivity (Wildman–Crippen MR) is 113 cm³/mol. The highest BCUT2D eigenvalue weighted by Gasteiger charge is 2.13. The van der Waals surface area contributed by atoms with Gasteiger partial charge in [-0.2, -0.15) is 0 Å². The molecule has 142 valence electrons. The number of nitrogens with one attached hydrogen (secondary N) is 1. The number of benzene rings is 2. The van der Waals surface area contributed by atoms with Crippen molar-refractivity contribution in [3.8, 4) is 5.75 Å². The summed E-state index contributed by atoms with van der Waals surface area (Å²) >= 11 is 1.50. The Balaban J connectivity index is 1.72. The minimum absolute atomic E-state index is 0.167. The molecule has 4 nitrogen and oxygen atoms in total. The molecule has 0 aliphatic rings. The second-order valence-corrected chi connectivity index (χ2v) is 7.94. The summed E-state index contributed by atoms with van der Waals surface area (Å²) in [6, 6.07) is 13.5. The van der Waals surface area contributed by atoms with Crippen molar-refractivity contribution in [2.24, 2.45) is 0 Å². The largest absolute Gasteiger partial charge is 0.494 e. The Morgan fingerprint density at radius 1 is 1.19 bits per heavy atom. The summed E-state index contributed by atoms with van der Waals surface area (Å²) in [5.41, 5.74) is 2.75. The SMILES string of the molecule is CCCCCOc1cccc(C(=O)Nc2nc3c(C(C)C)cccc3s2)c1. The summed E-state index contributed by atoms with van der Waals surface area (Å²) < 4.78 is 6.83. The fraction of sp³-hybridized carbons (Fsp3) is 0.364. The smallest absolute Gasteiger partial charge is 0.257 e. The maximum Gasteiger partial charge on any atom is 0.257 e. The Bertz CT molecular complexity index is 918. The Kier molecular flexibility index (Phi) is 6.45. The van der Waals surface area contributed by atoms with Gasteiger partial charge < -0.3 is 4.74 Å². The minimum Gasteiger partial charge on any atom is -0.494 e. The number of carbonyl (C=O) groups excluding carboxylic acids is 1. The van der Waals surface area contributed by atoms with Crippen LogP contribution in [0.2, 0.25) is 0 Å². The maximum absolute atomic E-state index is 12.6. The number of unbranched alkanes of at least 4 members (excludes halogenated alkanes) is 2. The molecule has 0 bridgehead atoms. The van der Waals surface area contributed by atoms with E-state index in [2.05, 4.69) is 37.1 Å². The molecule has 0 unspecified atom stereocenters. The third kappa shape index (κ3) is 4.86. The average Bonchev–Trinajstić information content (AvgIpc) is 3.07. The number of amides is 1. The van der Waals surface area contributed by atoms with Crippen LogP contribution in [0.3, 0.4) is 0 Å². The normalized spacial score (nSPS) is 11.1. The van der Waals surface area contributed by atoms with Crippen LogP contribution in [0.5, 0.6) is 5.75 Å². The Labute approximate surface area is 164 Å². The Morgan fingerprint density at radius 3 is 2.78 bits per heavy atom. The van der Waals surface area contributed by atoms with Crippen molar-refractivity contribution in [1.29, 1.82) is 0 Å². The molecule has 27 heavy (non-hydrogen) atoms. The number of para-hydroxylation sites is 1. The lowest BCUT2D eigenvalue weighted by molar-refractivity contribution is 0.102. The summed E-state index contributed by atoms with van der Waals surface area (Å²) in [5, 5.41) is 3.55. The fourth-order valence-electron chi connectivity index (χ4n) is 2.93. The average molecular weight is 383 g/mol. The number of ether oxygens (including phenoxy) is 1. The third-order valence-corrected chi connectivity index (χ3v) is 5.34. The second kappa shape index (κ2) is 9.00. The van der Waals surface area contributed by atoms with Crippen molar-refractivity contribution < 1.29 is 9.53 Å². The lowest BCUT2D eigenvalue weighted by Crippen LogP contribution is -2.11. The first-order valence-corrected chi connectivity index (χ1v) is 10.3. The summed E-state index contributed by atoms with van der Waals surface area (Å²) in [6.45, 7) is 7.14. The van der Waals surface area contributed by atoms with Gasteiger partial charge in [0.05, 0.1) is 16.8 Å². The van der Waals surface area contributed by atoms with Crippen LogP contribution in [0.15, 0.2) is 42.5 Å². The van der Waals surface area contributed by atoms with Crippen molar-refractivity contribution in [3.63, 3.8) is 0 Å². The number of hydrogen-bond acceptors (Lipinski definition) is 4. The van der Waals surface area contributed by atoms with E-state index < -0.39 is 0 Å². The van der Waals surface area contributed by atoms with E-state index in [1.807, 2.05) is 24.3 Å². The number of aromatic nitrogens is 1. The maximum atomic E-state index is 12.6. The Morgan fingerprint density at radius 2 is 2.00 bits per heavy atom. The summed E-state index contributed by atoms with van der Waals surface area (Å²) in [4.78, 5) is 17.3. The summed E-state index contributed by atoms with van der Waals surface area (Å²) in [7, 11) is 0. The van der Waals surface area contributed by atoms with E-state index in [-0.39, 0.29) is 5.91 Å². The van der Waals surface area contributed by atoms with Gasteiger partial charge in [0, 0.05) is 5.56 Å². The molecule has 0 aliphatic carbocycles. The Hall–Kier alpha value is -2.40. The molecule has 1 amide bonds. The highest BCUT2D eigenvalue weighted by molar-refractivity contribution is 7.22. The number of rotatable bonds is 8. The molecule has 1 heterocycles. The minimum atomic E-state index is -0.167. The molecule has 2 aromatic carbocycles. The highest BCUT2D eigenvalue weighted by atomic mass is 32.1. The third-order valence-electron chi connectivity index (χ3n) is 4.41. The van der Waals surface area contributed by atoms with Crippen LogP contribution in [0.4, 0.5) is 5.13 Å². The molecular weight excluding hydrogens is 356 g/mol. The zero-order valence-electron chi connectivity index (χ0n) is 16.1. The molecule has 0 fully saturated rings. The zero-order valence-corrected chi connectivity index (χ0v) is 16.9. The van der Waals surface area contributed by atoms with E-state index in [1.54, 1.807) is 12.1 Å². The van der Waals surface area contributed by atoms with Crippen LogP contribution in [0.25, 0.3) is 10.2 Å². The first-order chi connectivity index (χ1) is 13.1. The van der Waals surface area contributed by atoms with Crippen LogP contribution in [0, 0.1) is 0 Å². The van der Waals surface area contributed by atoms with Gasteiger partial charge in [0.1, 0.15) is 5.75 Å². The molecule has 1 aromatic heterocycles. The zero-order chi connectivity index (χ0) is 19.2. The summed E-state index contributed by atoms with van der Waals surface area (Å²) in [6.07, 6.45) is 3.33. The van der Waals surface area contributed by atoms with E-state index >= 15 is 0 Å². The quantitative estimate of drug-likeness (QED) is 0.469. The van der Waals surface area contributed by atoms with E-state index in [0.717, 1.165) is 35.2 Å². The summed E-state index contributed by atoms with van der Waals surface area (Å²) in [5.74, 6) is 0.949. The van der Waals surface area contributed by atoms with Gasteiger partial charge in [0.15, 0.2) is 5.13 Å². The number of carbonyl (C=O) groups is 1. The van der Waals surface area contributed by atoms with Crippen molar-refractivity contribution in [1.82, 2.24) is 4.98 Å². The van der Waals surface area contributed by atoms with Crippen LogP contribution in [0.1, 0.15) is 61.9 Å². The predicted octanol–water partition coefficient (Wildman–Crippen LogP) is 6.24. The van der Waals surface area contributed by atoms with Crippen molar-refractivity contribution in [2.75, 3.05) is 11.9 Å². The topological polar surface area (TPSA) is 51.2 Å². The highest BCUT2D eigenvalue weighted by Crippen LogP contribution is 2.31. The lowest BCUT2D eigenvalue weighted by atomic mass is 10.0. The molecule has 0 radical (unpaired) electrons. The molecule has 5 heteroatoms. The van der Waals surface area contributed by atoms with E-state index in [0.29, 0.717) is 23.2 Å². The van der Waals surface area contributed by atoms with Gasteiger partial charge in [0.2, 0.25) is 0 Å². The second-order valence-electron chi connectivity index (χ2n) is 6.91. The van der Waals surface area contributed by atoms with E-state index in [9.17, 15) is 4.79 Å². The van der Waals surface area contributed by atoms with Crippen LogP contribution in [-0.2, 0) is 0 Å². The molecule has 3 aromatic rings. The molecular formula is C22H26N2O2S. The van der Waals surface area contributed by atoms with Crippen molar-refractivity contribution in [3.05, 3.63) is 53.6 Å². The fourth-order valence-corrected chi connectivity index (χ4v) is 3.82. The van der Waals surface area contributed by atoms with Gasteiger partial charge in [0.25, 0.3) is 5.91 Å². The molecule has 1 N–H and O–H groups in total. The number of hydrogen-bond donors (Lipinski definition) is 1. The molecule has 0 spiro atoms. The number of thiazole rings is 1. The van der Waals surface area contributed by atoms with Gasteiger partial charge in [-0.1, -0.05) is 63.1 Å². The van der Waals surface area contributed by atoms with Crippen molar-refractivity contribution >= 4 is 32.6 Å².